The van der Waals surface area contributed by atoms with Gasteiger partial charge in [0.2, 0.25) is 0 Å². The van der Waals surface area contributed by atoms with E-state index in [0.717, 1.165) is 0 Å². The van der Waals surface area contributed by atoms with Crippen molar-refractivity contribution in [3.8, 4) is 0 Å². The second-order valence-corrected chi connectivity index (χ2v) is 25.2. The molecule has 27 heavy (non-hydrogen) atoms. The Morgan fingerprint density at radius 3 is 0.593 bits per heavy atom. The van der Waals surface area contributed by atoms with E-state index in [-0.39, 0.29) is 5.48 Å². The Bertz CT molecular complexity index is 174. The minimum absolute atomic E-state index is 0. The fourth-order valence-electron chi connectivity index (χ4n) is 3.31. The Hall–Kier alpha value is 1.56. The van der Waals surface area contributed by atoms with Gasteiger partial charge in [-0.05, 0) is 0 Å². The maximum absolute atomic E-state index is 2.33. The van der Waals surface area contributed by atoms with E-state index in [1.165, 1.54) is 77.0 Å². The molecule has 0 aliphatic heterocycles. The van der Waals surface area contributed by atoms with Crippen molar-refractivity contribution in [2.24, 2.45) is 0 Å². The minimum Gasteiger partial charge on any atom is -0.412 e. The van der Waals surface area contributed by atoms with Crippen LogP contribution < -0.4 is 0 Å². The van der Waals surface area contributed by atoms with Crippen LogP contribution in [-0.2, 0) is 0 Å². The van der Waals surface area contributed by atoms with Gasteiger partial charge in [-0.1, -0.05) is 0 Å². The van der Waals surface area contributed by atoms with Gasteiger partial charge in [0.1, 0.15) is 0 Å². The molecule has 0 aliphatic carbocycles. The number of rotatable bonds is 18. The summed E-state index contributed by atoms with van der Waals surface area (Å²) in [7, 11) is 0. The molecule has 0 fully saturated rings. The van der Waals surface area contributed by atoms with Gasteiger partial charge in [0.05, 0.1) is 0 Å². The van der Waals surface area contributed by atoms with Crippen molar-refractivity contribution in [3.05, 3.63) is 0 Å². The Kier molecular flexibility index (Phi) is 36.6. The molecule has 1 nitrogen and oxygen atoms in total. The van der Waals surface area contributed by atoms with Crippen molar-refractivity contribution in [2.75, 3.05) is 0 Å². The quantitative estimate of drug-likeness (QED) is 0.141. The zero-order chi connectivity index (χ0) is 19.9. The van der Waals surface area contributed by atoms with Crippen LogP contribution in [0.2, 0.25) is 26.6 Å². The maximum Gasteiger partial charge on any atom is -0.412 e. The van der Waals surface area contributed by atoms with Gasteiger partial charge in [0.25, 0.3) is 0 Å². The van der Waals surface area contributed by atoms with Crippen molar-refractivity contribution >= 4 is 39.5 Å². The van der Waals surface area contributed by atoms with Gasteiger partial charge in [0, 0.05) is 0 Å². The first kappa shape index (κ1) is 33.2. The van der Waals surface area contributed by atoms with Crippen molar-refractivity contribution in [2.45, 2.75) is 145 Å². The van der Waals surface area contributed by atoms with Crippen molar-refractivity contribution in [3.63, 3.8) is 0 Å². The van der Waals surface area contributed by atoms with Crippen molar-refractivity contribution in [1.29, 1.82) is 0 Å². The summed E-state index contributed by atoms with van der Waals surface area (Å²) in [6.45, 7) is 14.0. The average Bonchev–Trinajstić information content (AvgIpc) is 2.67. The SMILES string of the molecule is CCC[CH2][Sn]([CH2]CCC)[CH2]CCC.CCC[CH2][Sn]([CH2]CCC)[CH2]CCC.O. The molecule has 0 heterocycles. The van der Waals surface area contributed by atoms with Crippen LogP contribution in [0.3, 0.4) is 0 Å². The molecule has 0 saturated carbocycles. The molecule has 0 aliphatic rings. The first-order chi connectivity index (χ1) is 12.7. The zero-order valence-corrected chi connectivity index (χ0v) is 25.9. The van der Waals surface area contributed by atoms with Crippen LogP contribution in [0.25, 0.3) is 0 Å². The van der Waals surface area contributed by atoms with Crippen LogP contribution in [0.4, 0.5) is 0 Å². The third-order valence-corrected chi connectivity index (χ3v) is 23.5. The van der Waals surface area contributed by atoms with Crippen LogP contribution in [0.15, 0.2) is 0 Å². The van der Waals surface area contributed by atoms with Crippen LogP contribution in [0.1, 0.15) is 119 Å². The summed E-state index contributed by atoms with van der Waals surface area (Å²) in [6, 6.07) is 0. The van der Waals surface area contributed by atoms with E-state index in [1.807, 2.05) is 0 Å². The van der Waals surface area contributed by atoms with E-state index >= 15 is 0 Å². The molecule has 0 spiro atoms. The first-order valence-corrected chi connectivity index (χ1v) is 24.5. The molecule has 2 radical (unpaired) electrons. The van der Waals surface area contributed by atoms with E-state index in [0.29, 0.717) is 0 Å². The summed E-state index contributed by atoms with van der Waals surface area (Å²) in [6.07, 6.45) is 17.7. The van der Waals surface area contributed by atoms with E-state index in [1.54, 1.807) is 26.6 Å². The van der Waals surface area contributed by atoms with Gasteiger partial charge >= 0.3 is 185 Å². The summed E-state index contributed by atoms with van der Waals surface area (Å²) >= 11 is -1.68. The molecule has 2 N–H and O–H groups in total. The number of hydrogen-bond donors (Lipinski definition) is 0. The summed E-state index contributed by atoms with van der Waals surface area (Å²) in [5, 5.41) is 0. The Balaban J connectivity index is -0.000000411. The predicted molar refractivity (Wildman–Crippen MR) is 133 cm³/mol. The molecule has 0 aromatic carbocycles. The fourth-order valence-corrected chi connectivity index (χ4v) is 22.2. The molecule has 0 rings (SSSR count). The second kappa shape index (κ2) is 29.8. The van der Waals surface area contributed by atoms with Crippen LogP contribution in [0.5, 0.6) is 0 Å². The molecule has 0 bridgehead atoms. The van der Waals surface area contributed by atoms with Gasteiger partial charge in [-0.25, -0.2) is 0 Å². The summed E-state index contributed by atoms with van der Waals surface area (Å²) in [4.78, 5) is 0. The Morgan fingerprint density at radius 2 is 0.481 bits per heavy atom. The molecular formula is C24H56OSn2. The Morgan fingerprint density at radius 1 is 0.333 bits per heavy atom. The van der Waals surface area contributed by atoms with Crippen LogP contribution >= 0.6 is 0 Å². The third kappa shape index (κ3) is 27.6. The minimum atomic E-state index is -0.839. The monoisotopic (exact) mass is 600 g/mol. The maximum atomic E-state index is 2.33. The molecule has 0 unspecified atom stereocenters. The topological polar surface area (TPSA) is 31.5 Å². The molecule has 0 aromatic rings. The molecule has 0 aromatic heterocycles. The van der Waals surface area contributed by atoms with Crippen LogP contribution in [-0.4, -0.2) is 45.0 Å². The van der Waals surface area contributed by atoms with E-state index in [9.17, 15) is 0 Å². The van der Waals surface area contributed by atoms with Crippen molar-refractivity contribution < 1.29 is 5.48 Å². The summed E-state index contributed by atoms with van der Waals surface area (Å²) in [5.74, 6) is 0. The zero-order valence-electron chi connectivity index (χ0n) is 20.2. The number of unbranched alkanes of at least 4 members (excludes halogenated alkanes) is 6. The van der Waals surface area contributed by atoms with Gasteiger partial charge in [-0.2, -0.15) is 0 Å². The van der Waals surface area contributed by atoms with E-state index < -0.39 is 39.5 Å². The molecule has 0 amide bonds. The van der Waals surface area contributed by atoms with Gasteiger partial charge < -0.3 is 5.48 Å². The predicted octanol–water partition coefficient (Wildman–Crippen LogP) is 8.94. The van der Waals surface area contributed by atoms with Crippen molar-refractivity contribution in [1.82, 2.24) is 0 Å². The van der Waals surface area contributed by atoms with Gasteiger partial charge in [-0.3, -0.25) is 0 Å². The molecular weight excluding hydrogens is 542 g/mol. The van der Waals surface area contributed by atoms with E-state index in [4.69, 9.17) is 0 Å². The Labute approximate surface area is 189 Å². The normalized spacial score (nSPS) is 10.7. The largest absolute Gasteiger partial charge is 0.412 e. The smallest absolute Gasteiger partial charge is 0.412 e. The summed E-state index contributed by atoms with van der Waals surface area (Å²) in [5.41, 5.74) is 0. The van der Waals surface area contributed by atoms with Crippen LogP contribution in [0, 0.1) is 0 Å². The average molecular weight is 598 g/mol. The standard InChI is InChI=1S/6C4H9.H2O.2Sn/c6*1-3-4-2;;;/h6*1,3-4H2,2H3;1H2;;. The van der Waals surface area contributed by atoms with Gasteiger partial charge in [0.15, 0.2) is 0 Å². The van der Waals surface area contributed by atoms with Gasteiger partial charge in [-0.15, -0.1) is 0 Å². The molecule has 0 atom stereocenters. The molecule has 0 saturated heterocycles. The number of hydrogen-bond acceptors (Lipinski definition) is 0. The first-order valence-electron chi connectivity index (χ1n) is 12.4. The summed E-state index contributed by atoms with van der Waals surface area (Å²) < 4.78 is 10.1. The van der Waals surface area contributed by atoms with E-state index in [2.05, 4.69) is 41.5 Å². The molecule has 3 heteroatoms. The fraction of sp³-hybridized carbons (Fsp3) is 1.00. The molecule has 166 valence electrons. The third-order valence-electron chi connectivity index (χ3n) is 5.30. The second-order valence-electron chi connectivity index (χ2n) is 8.12.